The molecule has 2 N–H and O–H groups in total. The summed E-state index contributed by atoms with van der Waals surface area (Å²) in [5, 5.41) is 0. The molecule has 0 amide bonds. The number of hydrogen-bond donors (Lipinski definition) is 2. The number of aromatic amines is 1. The molecule has 0 aliphatic carbocycles. The predicted octanol–water partition coefficient (Wildman–Crippen LogP) is -1.75. The Morgan fingerprint density at radius 1 is 1.32 bits per heavy atom. The average Bonchev–Trinajstić information content (AvgIpc) is 2.86. The highest BCUT2D eigenvalue weighted by Gasteiger charge is 2.21. The first-order chi connectivity index (χ1) is 10.6. The molecule has 22 heavy (non-hydrogen) atoms. The SMILES string of the molecule is CCCn1c(C[NH+]2CCOCC2)nc2c1c(=O)[nH]c(=O)n2C. The zero-order valence-corrected chi connectivity index (χ0v) is 13.0. The molecule has 0 radical (unpaired) electrons. The number of fused-ring (bicyclic) bond motifs is 1. The van der Waals surface area contributed by atoms with Crippen molar-refractivity contribution in [3.05, 3.63) is 26.7 Å². The van der Waals surface area contributed by atoms with Crippen LogP contribution >= 0.6 is 0 Å². The third-order valence-corrected chi connectivity index (χ3v) is 4.14. The van der Waals surface area contributed by atoms with Gasteiger partial charge < -0.3 is 14.2 Å². The largest absolute Gasteiger partial charge is 0.370 e. The molecule has 120 valence electrons. The lowest BCUT2D eigenvalue weighted by molar-refractivity contribution is -0.922. The van der Waals surface area contributed by atoms with Gasteiger partial charge in [0.05, 0.1) is 13.2 Å². The van der Waals surface area contributed by atoms with E-state index in [1.54, 1.807) is 7.05 Å². The Morgan fingerprint density at radius 3 is 2.73 bits per heavy atom. The molecule has 0 saturated carbocycles. The number of morpholine rings is 1. The number of H-pyrrole nitrogens is 1. The molecule has 3 heterocycles. The van der Waals surface area contributed by atoms with Gasteiger partial charge in [-0.2, -0.15) is 0 Å². The highest BCUT2D eigenvalue weighted by Crippen LogP contribution is 2.11. The van der Waals surface area contributed by atoms with Crippen LogP contribution in [0.3, 0.4) is 0 Å². The molecule has 1 fully saturated rings. The van der Waals surface area contributed by atoms with E-state index in [2.05, 4.69) is 16.9 Å². The van der Waals surface area contributed by atoms with Crippen molar-refractivity contribution in [3.63, 3.8) is 0 Å². The summed E-state index contributed by atoms with van der Waals surface area (Å²) in [5.74, 6) is 0.862. The number of nitrogens with one attached hydrogen (secondary N) is 2. The Labute approximate surface area is 127 Å². The number of imidazole rings is 1. The molecule has 1 saturated heterocycles. The zero-order valence-electron chi connectivity index (χ0n) is 13.0. The van der Waals surface area contributed by atoms with Gasteiger partial charge in [0.15, 0.2) is 17.0 Å². The number of ether oxygens (including phenoxy) is 1. The van der Waals surface area contributed by atoms with Crippen molar-refractivity contribution in [3.8, 4) is 0 Å². The Bertz CT molecular complexity index is 782. The Kier molecular flexibility index (Phi) is 4.12. The van der Waals surface area contributed by atoms with E-state index in [9.17, 15) is 9.59 Å². The molecule has 2 aromatic heterocycles. The Hall–Kier alpha value is -1.93. The minimum absolute atomic E-state index is 0.359. The minimum atomic E-state index is -0.427. The second-order valence-electron chi connectivity index (χ2n) is 5.71. The second-order valence-corrected chi connectivity index (χ2v) is 5.71. The molecule has 2 aromatic rings. The predicted molar refractivity (Wildman–Crippen MR) is 81.1 cm³/mol. The van der Waals surface area contributed by atoms with E-state index >= 15 is 0 Å². The average molecular weight is 308 g/mol. The smallest absolute Gasteiger partial charge is 0.329 e. The second kappa shape index (κ2) is 6.05. The van der Waals surface area contributed by atoms with Crippen LogP contribution in [0.4, 0.5) is 0 Å². The topological polar surface area (TPSA) is 86.3 Å². The maximum Gasteiger partial charge on any atom is 0.329 e. The van der Waals surface area contributed by atoms with Crippen LogP contribution in [-0.4, -0.2) is 45.4 Å². The van der Waals surface area contributed by atoms with Crippen LogP contribution in [0.5, 0.6) is 0 Å². The number of rotatable bonds is 4. The van der Waals surface area contributed by atoms with E-state index in [0.717, 1.165) is 51.6 Å². The molecule has 1 aliphatic rings. The lowest BCUT2D eigenvalue weighted by Crippen LogP contribution is -3.12. The summed E-state index contributed by atoms with van der Waals surface area (Å²) in [4.78, 5) is 32.3. The van der Waals surface area contributed by atoms with Gasteiger partial charge in [0.2, 0.25) is 0 Å². The highest BCUT2D eigenvalue weighted by molar-refractivity contribution is 5.70. The fourth-order valence-electron chi connectivity index (χ4n) is 2.94. The number of nitrogens with zero attached hydrogens (tertiary/aromatic N) is 3. The molecular weight excluding hydrogens is 286 g/mol. The fraction of sp³-hybridized carbons (Fsp3) is 0.643. The van der Waals surface area contributed by atoms with E-state index in [1.807, 2.05) is 4.57 Å². The van der Waals surface area contributed by atoms with Gasteiger partial charge in [-0.25, -0.2) is 9.78 Å². The van der Waals surface area contributed by atoms with Gasteiger partial charge in [0.25, 0.3) is 5.56 Å². The van der Waals surface area contributed by atoms with Gasteiger partial charge >= 0.3 is 5.69 Å². The monoisotopic (exact) mass is 308 g/mol. The first-order valence-corrected chi connectivity index (χ1v) is 7.71. The first kappa shape index (κ1) is 15.0. The molecule has 8 nitrogen and oxygen atoms in total. The molecule has 0 aromatic carbocycles. The maximum absolute atomic E-state index is 12.2. The van der Waals surface area contributed by atoms with Crippen molar-refractivity contribution in [1.82, 2.24) is 19.1 Å². The first-order valence-electron chi connectivity index (χ1n) is 7.71. The van der Waals surface area contributed by atoms with Gasteiger partial charge in [-0.3, -0.25) is 14.3 Å². The molecule has 3 rings (SSSR count). The van der Waals surface area contributed by atoms with Gasteiger partial charge in [0.1, 0.15) is 19.6 Å². The summed E-state index contributed by atoms with van der Waals surface area (Å²) in [6, 6.07) is 0. The zero-order chi connectivity index (χ0) is 15.7. The third kappa shape index (κ3) is 2.59. The number of hydrogen-bond acceptors (Lipinski definition) is 4. The maximum atomic E-state index is 12.2. The quantitative estimate of drug-likeness (QED) is 0.701. The molecule has 1 aliphatic heterocycles. The van der Waals surface area contributed by atoms with Crippen molar-refractivity contribution in [2.45, 2.75) is 26.4 Å². The number of aryl methyl sites for hydroxylation is 2. The summed E-state index contributed by atoms with van der Waals surface area (Å²) in [5.41, 5.74) is 0.169. The third-order valence-electron chi connectivity index (χ3n) is 4.14. The Morgan fingerprint density at radius 2 is 2.05 bits per heavy atom. The van der Waals surface area contributed by atoms with Crippen LogP contribution in [0.1, 0.15) is 19.2 Å². The summed E-state index contributed by atoms with van der Waals surface area (Å²) in [6.45, 7) is 6.90. The van der Waals surface area contributed by atoms with Gasteiger partial charge in [-0.15, -0.1) is 0 Å². The van der Waals surface area contributed by atoms with Crippen molar-refractivity contribution >= 4 is 11.2 Å². The van der Waals surface area contributed by atoms with Crippen molar-refractivity contribution in [2.75, 3.05) is 26.3 Å². The highest BCUT2D eigenvalue weighted by atomic mass is 16.5. The lowest BCUT2D eigenvalue weighted by atomic mass is 10.4. The summed E-state index contributed by atoms with van der Waals surface area (Å²) in [6.07, 6.45) is 0.902. The molecule has 0 atom stereocenters. The van der Waals surface area contributed by atoms with E-state index in [-0.39, 0.29) is 5.56 Å². The number of aromatic nitrogens is 4. The molecule has 0 bridgehead atoms. The van der Waals surface area contributed by atoms with Gasteiger partial charge in [-0.05, 0) is 6.42 Å². The van der Waals surface area contributed by atoms with Crippen LogP contribution in [0.15, 0.2) is 9.59 Å². The summed E-state index contributed by atoms with van der Waals surface area (Å²) >= 11 is 0. The summed E-state index contributed by atoms with van der Waals surface area (Å²) in [7, 11) is 1.63. The molecule has 8 heteroatoms. The van der Waals surface area contributed by atoms with E-state index in [0.29, 0.717) is 11.2 Å². The normalized spacial score (nSPS) is 16.5. The minimum Gasteiger partial charge on any atom is -0.370 e. The molecular formula is C14H22N5O3+. The van der Waals surface area contributed by atoms with Crippen molar-refractivity contribution in [2.24, 2.45) is 7.05 Å². The van der Waals surface area contributed by atoms with E-state index in [4.69, 9.17) is 4.74 Å². The van der Waals surface area contributed by atoms with E-state index < -0.39 is 5.69 Å². The van der Waals surface area contributed by atoms with Crippen LogP contribution < -0.4 is 16.1 Å². The molecule has 0 spiro atoms. The van der Waals surface area contributed by atoms with Gasteiger partial charge in [0, 0.05) is 13.6 Å². The van der Waals surface area contributed by atoms with Crippen LogP contribution in [0.2, 0.25) is 0 Å². The Balaban J connectivity index is 2.10. The number of quaternary nitrogens is 1. The summed E-state index contributed by atoms with van der Waals surface area (Å²) < 4.78 is 8.74. The fourth-order valence-corrected chi connectivity index (χ4v) is 2.94. The lowest BCUT2D eigenvalue weighted by Gasteiger charge is -2.23. The van der Waals surface area contributed by atoms with Gasteiger partial charge in [-0.1, -0.05) is 6.92 Å². The van der Waals surface area contributed by atoms with Crippen LogP contribution in [0.25, 0.3) is 11.2 Å². The van der Waals surface area contributed by atoms with Crippen molar-refractivity contribution < 1.29 is 9.64 Å². The van der Waals surface area contributed by atoms with Crippen LogP contribution in [0, 0.1) is 0 Å². The standard InChI is InChI=1S/C14H21N5O3/c1-3-4-19-10(9-18-5-7-22-8-6-18)15-12-11(19)13(20)16-14(21)17(12)2/h3-9H2,1-2H3,(H,16,20,21)/p+1. The van der Waals surface area contributed by atoms with Crippen molar-refractivity contribution in [1.29, 1.82) is 0 Å². The van der Waals surface area contributed by atoms with Crippen LogP contribution in [-0.2, 0) is 24.9 Å². The van der Waals surface area contributed by atoms with E-state index in [1.165, 1.54) is 9.47 Å². The molecule has 0 unspecified atom stereocenters.